The molecular weight excluding hydrogens is 452 g/mol. The second kappa shape index (κ2) is 9.12. The number of aliphatic hydroxyl groups is 1. The number of hydrogen-bond donors (Lipinski definition) is 3. The minimum Gasteiger partial charge on any atom is -0.396 e. The number of fused-ring (bicyclic) bond motifs is 1. The summed E-state index contributed by atoms with van der Waals surface area (Å²) in [5, 5.41) is 21.9. The number of rotatable bonds is 8. The van der Waals surface area contributed by atoms with Crippen molar-refractivity contribution in [2.45, 2.75) is 32.2 Å². The van der Waals surface area contributed by atoms with Gasteiger partial charge in [0.25, 0.3) is 5.56 Å². The maximum Gasteiger partial charge on any atom is 0.252 e. The molecule has 5 rings (SSSR count). The molecule has 3 heterocycles. The number of aliphatic hydroxyl groups excluding tert-OH is 1. The lowest BCUT2D eigenvalue weighted by molar-refractivity contribution is 0.299. The minimum atomic E-state index is -0.0817. The number of hydrogen-bond acceptors (Lipinski definition) is 6. The van der Waals surface area contributed by atoms with Gasteiger partial charge in [0.05, 0.1) is 34.3 Å². The highest BCUT2D eigenvalue weighted by Crippen LogP contribution is 2.36. The van der Waals surface area contributed by atoms with E-state index in [1.54, 1.807) is 34.8 Å². The summed E-state index contributed by atoms with van der Waals surface area (Å²) in [5.41, 5.74) is 3.88. The Kier molecular flexibility index (Phi) is 6.02. The van der Waals surface area contributed by atoms with Crippen molar-refractivity contribution in [3.05, 3.63) is 69.9 Å². The van der Waals surface area contributed by atoms with E-state index >= 15 is 0 Å². The molecule has 0 aliphatic heterocycles. The molecule has 0 bridgehead atoms. The fraction of sp³-hybridized carbons (Fsp3) is 0.320. The molecule has 34 heavy (non-hydrogen) atoms. The zero-order valence-corrected chi connectivity index (χ0v) is 19.9. The monoisotopic (exact) mass is 478 g/mol. The molecule has 0 unspecified atom stereocenters. The van der Waals surface area contributed by atoms with Crippen molar-refractivity contribution in [1.29, 1.82) is 0 Å². The van der Waals surface area contributed by atoms with Crippen LogP contribution < -0.4 is 16.2 Å². The Morgan fingerprint density at radius 3 is 2.79 bits per heavy atom. The summed E-state index contributed by atoms with van der Waals surface area (Å²) in [6, 6.07) is 9.71. The molecule has 1 aliphatic rings. The highest BCUT2D eigenvalue weighted by molar-refractivity contribution is 6.33. The third-order valence-electron chi connectivity index (χ3n) is 6.35. The molecule has 176 valence electrons. The van der Waals surface area contributed by atoms with Crippen LogP contribution in [-0.2, 0) is 13.5 Å². The Morgan fingerprint density at radius 1 is 1.21 bits per heavy atom. The van der Waals surface area contributed by atoms with E-state index in [0.717, 1.165) is 27.8 Å². The first-order valence-electron chi connectivity index (χ1n) is 11.4. The molecule has 0 saturated heterocycles. The second-order valence-electron chi connectivity index (χ2n) is 8.84. The van der Waals surface area contributed by atoms with Gasteiger partial charge in [-0.25, -0.2) is 9.67 Å². The standard InChI is InChI=1S/C25H27ClN6O2/c1-15(17-6-7-17)29-21-11-24(34)31(2)25-18(21)4-3-5-20(25)30-22-10-23(27-13-19(22)26)32-14-16(8-9-33)12-28-32/h3-5,10-15,17,29,33H,6-9H2,1-2H3,(H,27,30)/t15-/m1/s1. The van der Waals surface area contributed by atoms with E-state index < -0.39 is 0 Å². The van der Waals surface area contributed by atoms with Crippen LogP contribution in [0.5, 0.6) is 0 Å². The SMILES string of the molecule is C[C@@H](Nc1cc(=O)n(C)c2c(Nc3cc(-n4cc(CCO)cn4)ncc3Cl)cccc12)C1CC1. The summed E-state index contributed by atoms with van der Waals surface area (Å²) < 4.78 is 3.29. The van der Waals surface area contributed by atoms with Gasteiger partial charge >= 0.3 is 0 Å². The van der Waals surface area contributed by atoms with Crippen molar-refractivity contribution in [2.24, 2.45) is 13.0 Å². The number of anilines is 3. The first-order valence-corrected chi connectivity index (χ1v) is 11.8. The maximum absolute atomic E-state index is 12.8. The number of para-hydroxylation sites is 1. The Labute approximate surface area is 202 Å². The average molecular weight is 479 g/mol. The number of aryl methyl sites for hydroxylation is 1. The largest absolute Gasteiger partial charge is 0.396 e. The van der Waals surface area contributed by atoms with Crippen LogP contribution in [0, 0.1) is 5.92 Å². The molecule has 0 spiro atoms. The lowest BCUT2D eigenvalue weighted by Gasteiger charge is -2.19. The smallest absolute Gasteiger partial charge is 0.252 e. The number of aromatic nitrogens is 4. The van der Waals surface area contributed by atoms with Crippen molar-refractivity contribution in [3.8, 4) is 5.82 Å². The van der Waals surface area contributed by atoms with E-state index in [-0.39, 0.29) is 12.2 Å². The molecule has 3 N–H and O–H groups in total. The van der Waals surface area contributed by atoms with Gasteiger partial charge in [0.15, 0.2) is 5.82 Å². The topological polar surface area (TPSA) is 97.0 Å². The fourth-order valence-electron chi connectivity index (χ4n) is 4.25. The van der Waals surface area contributed by atoms with Gasteiger partial charge in [-0.1, -0.05) is 23.7 Å². The Morgan fingerprint density at radius 2 is 2.03 bits per heavy atom. The molecule has 0 radical (unpaired) electrons. The van der Waals surface area contributed by atoms with Crippen molar-refractivity contribution < 1.29 is 5.11 Å². The highest BCUT2D eigenvalue weighted by Gasteiger charge is 2.28. The lowest BCUT2D eigenvalue weighted by Crippen LogP contribution is -2.22. The van der Waals surface area contributed by atoms with Crippen LogP contribution in [0.3, 0.4) is 0 Å². The normalized spacial score (nSPS) is 14.4. The lowest BCUT2D eigenvalue weighted by atomic mass is 10.1. The van der Waals surface area contributed by atoms with Gasteiger partial charge in [-0.2, -0.15) is 5.10 Å². The molecule has 8 nitrogen and oxygen atoms in total. The molecule has 1 aliphatic carbocycles. The zero-order chi connectivity index (χ0) is 23.8. The van der Waals surface area contributed by atoms with E-state index in [1.165, 1.54) is 12.8 Å². The fourth-order valence-corrected chi connectivity index (χ4v) is 4.40. The summed E-state index contributed by atoms with van der Waals surface area (Å²) in [6.45, 7) is 2.23. The van der Waals surface area contributed by atoms with Crippen LogP contribution in [0.1, 0.15) is 25.3 Å². The van der Waals surface area contributed by atoms with Crippen LogP contribution >= 0.6 is 11.6 Å². The summed E-state index contributed by atoms with van der Waals surface area (Å²) in [4.78, 5) is 17.2. The van der Waals surface area contributed by atoms with Crippen LogP contribution in [0.15, 0.2) is 53.7 Å². The van der Waals surface area contributed by atoms with E-state index in [2.05, 4.69) is 27.6 Å². The zero-order valence-electron chi connectivity index (χ0n) is 19.1. The summed E-state index contributed by atoms with van der Waals surface area (Å²) >= 11 is 6.48. The third kappa shape index (κ3) is 4.38. The van der Waals surface area contributed by atoms with Gasteiger partial charge in [0, 0.05) is 49.1 Å². The number of halogens is 1. The molecule has 1 atom stereocenters. The maximum atomic E-state index is 12.8. The molecule has 1 fully saturated rings. The molecule has 1 saturated carbocycles. The quantitative estimate of drug-likeness (QED) is 0.350. The van der Waals surface area contributed by atoms with E-state index in [0.29, 0.717) is 34.9 Å². The van der Waals surface area contributed by atoms with Gasteiger partial charge in [-0.3, -0.25) is 4.79 Å². The van der Waals surface area contributed by atoms with Crippen LogP contribution in [0.4, 0.5) is 17.1 Å². The van der Waals surface area contributed by atoms with Crippen LogP contribution in [0.25, 0.3) is 16.7 Å². The Bertz CT molecular complexity index is 1410. The van der Waals surface area contributed by atoms with Crippen LogP contribution in [0.2, 0.25) is 5.02 Å². The van der Waals surface area contributed by atoms with Crippen LogP contribution in [-0.4, -0.2) is 37.1 Å². The predicted octanol–water partition coefficient (Wildman–Crippen LogP) is 4.26. The van der Waals surface area contributed by atoms with Gasteiger partial charge in [0.2, 0.25) is 0 Å². The summed E-state index contributed by atoms with van der Waals surface area (Å²) in [6.07, 6.45) is 8.09. The molecular formula is C25H27ClN6O2. The summed E-state index contributed by atoms with van der Waals surface area (Å²) in [5.74, 6) is 1.25. The van der Waals surface area contributed by atoms with Crippen molar-refractivity contribution in [3.63, 3.8) is 0 Å². The first kappa shape index (κ1) is 22.4. The van der Waals surface area contributed by atoms with E-state index in [1.807, 2.05) is 30.5 Å². The molecule has 1 aromatic carbocycles. The van der Waals surface area contributed by atoms with E-state index in [4.69, 9.17) is 16.7 Å². The van der Waals surface area contributed by atoms with Gasteiger partial charge in [0.1, 0.15) is 0 Å². The molecule has 9 heteroatoms. The van der Waals surface area contributed by atoms with Crippen molar-refractivity contribution >= 4 is 39.6 Å². The third-order valence-corrected chi connectivity index (χ3v) is 6.65. The van der Waals surface area contributed by atoms with Gasteiger partial charge in [-0.05, 0) is 43.7 Å². The Balaban J connectivity index is 1.53. The number of nitrogens with zero attached hydrogens (tertiary/aromatic N) is 4. The first-order chi connectivity index (χ1) is 16.4. The number of benzene rings is 1. The van der Waals surface area contributed by atoms with Crippen molar-refractivity contribution in [1.82, 2.24) is 19.3 Å². The van der Waals surface area contributed by atoms with Gasteiger partial charge < -0.3 is 20.3 Å². The second-order valence-corrected chi connectivity index (χ2v) is 9.25. The number of nitrogens with one attached hydrogen (secondary N) is 2. The minimum absolute atomic E-state index is 0.0582. The molecule has 0 amide bonds. The highest BCUT2D eigenvalue weighted by atomic mass is 35.5. The Hall–Kier alpha value is -3.36. The molecule has 3 aromatic heterocycles. The predicted molar refractivity (Wildman–Crippen MR) is 135 cm³/mol. The number of pyridine rings is 2. The van der Waals surface area contributed by atoms with Gasteiger partial charge in [-0.15, -0.1) is 0 Å². The van der Waals surface area contributed by atoms with Crippen molar-refractivity contribution in [2.75, 3.05) is 17.2 Å². The molecule has 4 aromatic rings. The summed E-state index contributed by atoms with van der Waals surface area (Å²) in [7, 11) is 1.77. The average Bonchev–Trinajstić information content (AvgIpc) is 3.58. The van der Waals surface area contributed by atoms with E-state index in [9.17, 15) is 4.79 Å².